The quantitative estimate of drug-likeness (QED) is 0.0903. The van der Waals surface area contributed by atoms with Crippen LogP contribution in [0.15, 0.2) is 303 Å². The SMILES string of the molecule is [C-]#[N+]c1cc(Oc2ccc3c4cc(-c5ccccc5)ccc4n(-c4cc(C(C)(C)C)ccn4)c3c2)cc(-n2[c-][n+](-c3c(-c4cc(-c5ccccc5)cc(-c5ccccc5)c4)cccc3-c3cc(-c4ccccc4)cc(-c4ccccc4)c3)c3ccccc32)c1. The Morgan fingerprint density at radius 3 is 1.46 bits per heavy atom. The van der Waals surface area contributed by atoms with Gasteiger partial charge in [-0.2, -0.15) is 0 Å². The van der Waals surface area contributed by atoms with Gasteiger partial charge in [-0.25, -0.2) is 9.83 Å². The summed E-state index contributed by atoms with van der Waals surface area (Å²) in [7, 11) is 0. The van der Waals surface area contributed by atoms with Crippen molar-refractivity contribution < 1.29 is 9.30 Å². The van der Waals surface area contributed by atoms with E-state index in [2.05, 4.69) is 313 Å². The molecule has 0 unspecified atom stereocenters. The molecule has 0 fully saturated rings. The average molecular weight is 1140 g/mol. The molecular formula is C83H59N5O. The average Bonchev–Trinajstić information content (AvgIpc) is 1.77. The molecule has 3 aromatic heterocycles. The second-order valence-electron chi connectivity index (χ2n) is 23.7. The van der Waals surface area contributed by atoms with E-state index in [1.807, 2.05) is 36.5 Å². The van der Waals surface area contributed by atoms with Crippen molar-refractivity contribution in [2.24, 2.45) is 0 Å². The molecule has 3 heterocycles. The molecule has 0 amide bonds. The van der Waals surface area contributed by atoms with Gasteiger partial charge in [-0.15, -0.1) is 0 Å². The molecule has 0 aliphatic rings. The second-order valence-corrected chi connectivity index (χ2v) is 23.7. The maximum absolute atomic E-state index is 8.51. The lowest BCUT2D eigenvalue weighted by Crippen LogP contribution is -2.31. The zero-order valence-corrected chi connectivity index (χ0v) is 49.5. The third kappa shape index (κ3) is 10.4. The maximum Gasteiger partial charge on any atom is 0.269 e. The minimum absolute atomic E-state index is 0.0909. The van der Waals surface area contributed by atoms with Crippen LogP contribution in [-0.4, -0.2) is 14.1 Å². The summed E-state index contributed by atoms with van der Waals surface area (Å²) in [6.45, 7) is 15.2. The van der Waals surface area contributed by atoms with Gasteiger partial charge >= 0.3 is 0 Å². The number of pyridine rings is 1. The number of hydrogen-bond acceptors (Lipinski definition) is 2. The number of fused-ring (bicyclic) bond motifs is 4. The van der Waals surface area contributed by atoms with Crippen LogP contribution in [0.25, 0.3) is 133 Å². The molecule has 0 bridgehead atoms. The van der Waals surface area contributed by atoms with Crippen LogP contribution in [0, 0.1) is 12.9 Å². The summed E-state index contributed by atoms with van der Waals surface area (Å²) in [4.78, 5) is 9.06. The van der Waals surface area contributed by atoms with Crippen molar-refractivity contribution in [3.05, 3.63) is 327 Å². The Bertz CT molecular complexity index is 4930. The highest BCUT2D eigenvalue weighted by atomic mass is 16.5. The van der Waals surface area contributed by atoms with Gasteiger partial charge < -0.3 is 4.74 Å². The normalized spacial score (nSPS) is 11.5. The minimum atomic E-state index is -0.0909. The number of rotatable bonds is 12. The van der Waals surface area contributed by atoms with E-state index in [9.17, 15) is 0 Å². The number of hydrogen-bond donors (Lipinski definition) is 0. The highest BCUT2D eigenvalue weighted by Crippen LogP contribution is 2.43. The molecule has 0 radical (unpaired) electrons. The summed E-state index contributed by atoms with van der Waals surface area (Å²) in [5.41, 5.74) is 22.4. The number of para-hydroxylation sites is 3. The largest absolute Gasteiger partial charge is 0.459 e. The van der Waals surface area contributed by atoms with Gasteiger partial charge in [0.2, 0.25) is 0 Å². The number of benzene rings is 12. The topological polar surface area (TPSA) is 40.2 Å². The molecule has 422 valence electrons. The van der Waals surface area contributed by atoms with Gasteiger partial charge in [0.15, 0.2) is 5.69 Å². The van der Waals surface area contributed by atoms with Gasteiger partial charge in [0, 0.05) is 23.0 Å². The number of imidazole rings is 1. The Kier molecular flexibility index (Phi) is 13.7. The Morgan fingerprint density at radius 2 is 0.921 bits per heavy atom. The minimum Gasteiger partial charge on any atom is -0.459 e. The van der Waals surface area contributed by atoms with E-state index in [-0.39, 0.29) is 5.41 Å². The summed E-state index contributed by atoms with van der Waals surface area (Å²) in [5.74, 6) is 1.97. The highest BCUT2D eigenvalue weighted by Gasteiger charge is 2.24. The first kappa shape index (κ1) is 54.0. The van der Waals surface area contributed by atoms with Gasteiger partial charge in [-0.3, -0.25) is 13.7 Å². The molecule has 12 aromatic carbocycles. The molecule has 0 saturated carbocycles. The van der Waals surface area contributed by atoms with Gasteiger partial charge in [-0.1, -0.05) is 221 Å². The molecule has 6 heteroatoms. The van der Waals surface area contributed by atoms with E-state index >= 15 is 0 Å². The van der Waals surface area contributed by atoms with Gasteiger partial charge in [0.25, 0.3) is 6.33 Å². The first-order chi connectivity index (χ1) is 43.7. The number of aromatic nitrogens is 4. The van der Waals surface area contributed by atoms with E-state index in [4.69, 9.17) is 16.3 Å². The maximum atomic E-state index is 8.51. The highest BCUT2D eigenvalue weighted by molar-refractivity contribution is 6.11. The third-order valence-corrected chi connectivity index (χ3v) is 16.9. The molecule has 0 aliphatic carbocycles. The van der Waals surface area contributed by atoms with E-state index in [0.717, 1.165) is 128 Å². The lowest BCUT2D eigenvalue weighted by molar-refractivity contribution is -0.571. The number of ether oxygens (including phenoxy) is 1. The molecule has 0 atom stereocenters. The standard InChI is InChI=1S/C83H59N5O/c1-83(2,3)68-41-42-85-81(50-68)88-77-40-37-61(56-23-10-5-11-24-56)49-76(77)75-39-38-71(54-80(75)88)89-72-52-69(84-4)51-70(53-72)86-55-87(79-36-21-20-35-78(79)86)82-73(66-45-62(57-25-12-6-13-26-57)43-63(46-66)58-27-14-7-15-28-58)33-22-34-74(82)67-47-64(59-29-16-8-17-30-59)44-65(48-67)60-31-18-9-19-32-60/h5-54H,1-3H3. The van der Waals surface area contributed by atoms with Crippen molar-refractivity contribution in [1.29, 1.82) is 0 Å². The van der Waals surface area contributed by atoms with Crippen LogP contribution in [0.4, 0.5) is 5.69 Å². The smallest absolute Gasteiger partial charge is 0.269 e. The molecule has 0 spiro atoms. The molecule has 0 N–H and O–H groups in total. The van der Waals surface area contributed by atoms with Crippen LogP contribution >= 0.6 is 0 Å². The van der Waals surface area contributed by atoms with E-state index in [1.165, 1.54) is 5.56 Å². The van der Waals surface area contributed by atoms with Crippen molar-refractivity contribution in [2.45, 2.75) is 26.2 Å². The van der Waals surface area contributed by atoms with Crippen molar-refractivity contribution >= 4 is 38.5 Å². The summed E-state index contributed by atoms with van der Waals surface area (Å²) < 4.78 is 13.5. The fraction of sp³-hybridized carbons (Fsp3) is 0.0482. The predicted molar refractivity (Wildman–Crippen MR) is 365 cm³/mol. The molecule has 89 heavy (non-hydrogen) atoms. The predicted octanol–water partition coefficient (Wildman–Crippen LogP) is 21.5. The van der Waals surface area contributed by atoms with Crippen LogP contribution in [0.1, 0.15) is 26.3 Å². The van der Waals surface area contributed by atoms with Crippen molar-refractivity contribution in [1.82, 2.24) is 14.1 Å². The summed E-state index contributed by atoms with van der Waals surface area (Å²) >= 11 is 0. The van der Waals surface area contributed by atoms with Crippen molar-refractivity contribution in [3.63, 3.8) is 0 Å². The Labute approximate surface area is 518 Å². The van der Waals surface area contributed by atoms with Crippen molar-refractivity contribution in [2.75, 3.05) is 0 Å². The monoisotopic (exact) mass is 1140 g/mol. The van der Waals surface area contributed by atoms with Crippen LogP contribution in [0.3, 0.4) is 0 Å². The lowest BCUT2D eigenvalue weighted by Gasteiger charge is -2.20. The van der Waals surface area contributed by atoms with Crippen LogP contribution in [0.5, 0.6) is 11.5 Å². The zero-order chi connectivity index (χ0) is 60.0. The lowest BCUT2D eigenvalue weighted by atomic mass is 9.88. The Balaban J connectivity index is 0.919. The van der Waals surface area contributed by atoms with Gasteiger partial charge in [0.05, 0.1) is 40.0 Å². The van der Waals surface area contributed by atoms with Crippen LogP contribution in [0.2, 0.25) is 0 Å². The molecule has 0 saturated heterocycles. The fourth-order valence-electron chi connectivity index (χ4n) is 12.5. The van der Waals surface area contributed by atoms with E-state index < -0.39 is 0 Å². The fourth-order valence-corrected chi connectivity index (χ4v) is 12.5. The summed E-state index contributed by atoms with van der Waals surface area (Å²) in [6, 6.07) is 105. The Morgan fingerprint density at radius 1 is 0.404 bits per heavy atom. The molecule has 6 nitrogen and oxygen atoms in total. The van der Waals surface area contributed by atoms with Crippen LogP contribution in [-0.2, 0) is 5.41 Å². The van der Waals surface area contributed by atoms with Crippen molar-refractivity contribution in [3.8, 4) is 107 Å². The molecular weight excluding hydrogens is 1080 g/mol. The third-order valence-electron chi connectivity index (χ3n) is 16.9. The zero-order valence-electron chi connectivity index (χ0n) is 49.5. The van der Waals surface area contributed by atoms with E-state index in [1.54, 1.807) is 0 Å². The summed E-state index contributed by atoms with van der Waals surface area (Å²) in [5, 5.41) is 2.19. The Hall–Kier alpha value is -11.7. The van der Waals surface area contributed by atoms with Crippen LogP contribution < -0.4 is 9.30 Å². The molecule has 15 aromatic rings. The molecule has 15 rings (SSSR count). The summed E-state index contributed by atoms with van der Waals surface area (Å²) in [6.07, 6.45) is 5.84. The van der Waals surface area contributed by atoms with Gasteiger partial charge in [-0.05, 0) is 180 Å². The first-order valence-corrected chi connectivity index (χ1v) is 30.1. The first-order valence-electron chi connectivity index (χ1n) is 30.1. The molecule has 0 aliphatic heterocycles. The second kappa shape index (κ2) is 22.6. The number of nitrogens with zero attached hydrogens (tertiary/aromatic N) is 5. The van der Waals surface area contributed by atoms with E-state index in [0.29, 0.717) is 17.2 Å². The van der Waals surface area contributed by atoms with Gasteiger partial charge in [0.1, 0.15) is 17.3 Å².